The van der Waals surface area contributed by atoms with Crippen LogP contribution in [0, 0.1) is 5.92 Å². The maximum Gasteiger partial charge on any atom is 0.00969 e. The molecule has 6 rings (SSSR count). The van der Waals surface area contributed by atoms with Crippen LogP contribution >= 0.6 is 15.8 Å². The van der Waals surface area contributed by atoms with Gasteiger partial charge in [0.25, 0.3) is 0 Å². The summed E-state index contributed by atoms with van der Waals surface area (Å²) in [5.74, 6) is 0.617. The molecule has 2 aromatic rings. The van der Waals surface area contributed by atoms with Gasteiger partial charge in [-0.2, -0.15) is 0 Å². The largest absolute Gasteiger partial charge is 0.0965 e. The molecule has 2 aromatic carbocycles. The van der Waals surface area contributed by atoms with E-state index in [2.05, 4.69) is 110 Å². The summed E-state index contributed by atoms with van der Waals surface area (Å²) in [6.45, 7) is 2.66. The standard InChI is InChI=1S/C31H40P2.C5H6.Fe/c1-25(32(26-15-6-2-7-16-26)27-17-8-3-9-18-27)30-23-14-24-31(30)33(28-19-10-4-11-20-28)29-21-12-5-13-22-29;1-2-4-5-3-1;/h4-5,10-14,19-27,30H,2-3,6-9,15-18H2,1H3;1-4H,5H2;/t25-,30?;;/m0../s1. The predicted octanol–water partition coefficient (Wildman–Crippen LogP) is 10.2. The molecule has 3 heteroatoms. The zero-order valence-electron chi connectivity index (χ0n) is 23.7. The fraction of sp³-hybridized carbons (Fsp3) is 0.444. The summed E-state index contributed by atoms with van der Waals surface area (Å²) in [6.07, 6.45) is 31.9. The molecule has 2 saturated carbocycles. The first-order valence-corrected chi connectivity index (χ1v) is 18.1. The van der Waals surface area contributed by atoms with E-state index in [-0.39, 0.29) is 25.0 Å². The second kappa shape index (κ2) is 16.3. The van der Waals surface area contributed by atoms with Crippen LogP contribution in [0.15, 0.2) is 109 Å². The van der Waals surface area contributed by atoms with Crippen LogP contribution in [0.2, 0.25) is 0 Å². The van der Waals surface area contributed by atoms with Crippen molar-refractivity contribution in [2.75, 3.05) is 0 Å². The normalized spacial score (nSPS) is 21.9. The molecule has 2 atom stereocenters. The molecule has 2 fully saturated rings. The van der Waals surface area contributed by atoms with E-state index in [1.54, 1.807) is 5.31 Å². The van der Waals surface area contributed by atoms with E-state index in [4.69, 9.17) is 0 Å². The van der Waals surface area contributed by atoms with E-state index >= 15 is 0 Å². The molecule has 39 heavy (non-hydrogen) atoms. The minimum absolute atomic E-state index is 0. The predicted molar refractivity (Wildman–Crippen MR) is 173 cm³/mol. The van der Waals surface area contributed by atoms with Crippen LogP contribution in [0.4, 0.5) is 0 Å². The molecule has 0 spiro atoms. The van der Waals surface area contributed by atoms with Crippen LogP contribution in [0.5, 0.6) is 0 Å². The fourth-order valence-electron chi connectivity index (χ4n) is 7.02. The van der Waals surface area contributed by atoms with Crippen LogP contribution in [-0.2, 0) is 17.1 Å². The summed E-state index contributed by atoms with van der Waals surface area (Å²) in [5, 5.41) is 4.71. The summed E-state index contributed by atoms with van der Waals surface area (Å²) in [4.78, 5) is 0. The van der Waals surface area contributed by atoms with Gasteiger partial charge in [0.1, 0.15) is 0 Å². The summed E-state index contributed by atoms with van der Waals surface area (Å²) in [7, 11) is -0.415. The van der Waals surface area contributed by atoms with Crippen molar-refractivity contribution in [3.63, 3.8) is 0 Å². The fourth-order valence-corrected chi connectivity index (χ4v) is 14.3. The van der Waals surface area contributed by atoms with Crippen LogP contribution in [0.3, 0.4) is 0 Å². The van der Waals surface area contributed by atoms with Crippen molar-refractivity contribution in [2.45, 2.75) is 94.5 Å². The van der Waals surface area contributed by atoms with Crippen molar-refractivity contribution in [3.8, 4) is 0 Å². The van der Waals surface area contributed by atoms with Gasteiger partial charge in [0.05, 0.1) is 0 Å². The van der Waals surface area contributed by atoms with Gasteiger partial charge in [0.15, 0.2) is 0 Å². The molecule has 0 nitrogen and oxygen atoms in total. The maximum atomic E-state index is 2.66. The van der Waals surface area contributed by atoms with E-state index in [0.29, 0.717) is 5.92 Å². The molecule has 0 saturated heterocycles. The van der Waals surface area contributed by atoms with Crippen molar-refractivity contribution in [2.24, 2.45) is 5.92 Å². The molecule has 0 heterocycles. The summed E-state index contributed by atoms with van der Waals surface area (Å²) in [5.41, 5.74) is 2.83. The molecule has 0 aliphatic heterocycles. The Morgan fingerprint density at radius 1 is 0.641 bits per heavy atom. The summed E-state index contributed by atoms with van der Waals surface area (Å²) in [6, 6.07) is 22.7. The van der Waals surface area contributed by atoms with E-state index in [1.807, 2.05) is 0 Å². The third-order valence-corrected chi connectivity index (χ3v) is 15.4. The molecule has 208 valence electrons. The van der Waals surface area contributed by atoms with Crippen molar-refractivity contribution < 1.29 is 17.1 Å². The van der Waals surface area contributed by atoms with E-state index in [9.17, 15) is 0 Å². The van der Waals surface area contributed by atoms with Crippen LogP contribution in [-0.4, -0.2) is 17.0 Å². The van der Waals surface area contributed by atoms with Gasteiger partial charge in [0, 0.05) is 23.0 Å². The monoisotopic (exact) mass is 596 g/mol. The summed E-state index contributed by atoms with van der Waals surface area (Å²) >= 11 is 0. The Bertz CT molecular complexity index is 1020. The zero-order valence-corrected chi connectivity index (χ0v) is 26.5. The Kier molecular flexibility index (Phi) is 12.8. The Hall–Kier alpha value is -1.22. The van der Waals surface area contributed by atoms with Crippen LogP contribution in [0.25, 0.3) is 0 Å². The molecule has 0 amide bonds. The van der Waals surface area contributed by atoms with Crippen LogP contribution in [0.1, 0.15) is 77.6 Å². The van der Waals surface area contributed by atoms with Crippen LogP contribution < -0.4 is 10.6 Å². The third kappa shape index (κ3) is 8.17. The molecule has 0 N–H and O–H groups in total. The molecular formula is C36H46FeP2. The number of rotatable bonds is 7. The van der Waals surface area contributed by atoms with Crippen molar-refractivity contribution in [3.05, 3.63) is 109 Å². The molecule has 1 unspecified atom stereocenters. The molecule has 4 aliphatic carbocycles. The molecule has 0 bridgehead atoms. The van der Waals surface area contributed by atoms with Gasteiger partial charge in [-0.25, -0.2) is 0 Å². The quantitative estimate of drug-likeness (QED) is 0.220. The first-order valence-electron chi connectivity index (χ1n) is 15.2. The molecule has 0 aromatic heterocycles. The van der Waals surface area contributed by atoms with Crippen molar-refractivity contribution in [1.29, 1.82) is 0 Å². The first-order chi connectivity index (χ1) is 18.8. The van der Waals surface area contributed by atoms with Gasteiger partial charge in [-0.3, -0.25) is 0 Å². The molecule has 0 radical (unpaired) electrons. The number of benzene rings is 2. The minimum Gasteiger partial charge on any atom is -0.0965 e. The smallest absolute Gasteiger partial charge is 0.00969 e. The minimum atomic E-state index is -0.474. The van der Waals surface area contributed by atoms with Gasteiger partial charge in [-0.1, -0.05) is 157 Å². The SMILES string of the molecule is C1=CCC=C1.C[C@@H](C1C=CC=C1P(c1ccccc1)c1ccccc1)P(C1CCCCC1)C1CCCCC1.[Fe]. The average molecular weight is 597 g/mol. The van der Waals surface area contributed by atoms with E-state index in [1.165, 1.54) is 74.8 Å². The Morgan fingerprint density at radius 2 is 1.13 bits per heavy atom. The third-order valence-electron chi connectivity index (χ3n) is 8.85. The number of hydrogen-bond donors (Lipinski definition) is 0. The van der Waals surface area contributed by atoms with Crippen molar-refractivity contribution in [1.82, 2.24) is 0 Å². The van der Waals surface area contributed by atoms with Gasteiger partial charge < -0.3 is 0 Å². The van der Waals surface area contributed by atoms with Crippen molar-refractivity contribution >= 4 is 26.5 Å². The Balaban J connectivity index is 0.000000530. The second-order valence-electron chi connectivity index (χ2n) is 11.4. The van der Waals surface area contributed by atoms with Gasteiger partial charge in [-0.05, 0) is 72.9 Å². The molecular weight excluding hydrogens is 550 g/mol. The van der Waals surface area contributed by atoms with Gasteiger partial charge >= 0.3 is 0 Å². The van der Waals surface area contributed by atoms with Gasteiger partial charge in [-0.15, -0.1) is 0 Å². The Morgan fingerprint density at radius 3 is 1.56 bits per heavy atom. The van der Waals surface area contributed by atoms with Gasteiger partial charge in [0.2, 0.25) is 0 Å². The maximum absolute atomic E-state index is 2.66. The van der Waals surface area contributed by atoms with E-state index < -0.39 is 7.92 Å². The Labute approximate surface area is 251 Å². The van der Waals surface area contributed by atoms with E-state index in [0.717, 1.165) is 23.4 Å². The molecule has 4 aliphatic rings. The zero-order chi connectivity index (χ0) is 26.0. The number of allylic oxidation sites excluding steroid dienone is 8. The number of hydrogen-bond acceptors (Lipinski definition) is 0. The topological polar surface area (TPSA) is 0 Å². The second-order valence-corrected chi connectivity index (χ2v) is 16.8. The average Bonchev–Trinajstić information content (AvgIpc) is 3.72. The summed E-state index contributed by atoms with van der Waals surface area (Å²) < 4.78 is 0. The first kappa shape index (κ1) is 30.7.